The number of para-hydroxylation sites is 1. The molecule has 0 saturated heterocycles. The predicted molar refractivity (Wildman–Crippen MR) is 170 cm³/mol. The van der Waals surface area contributed by atoms with Crippen LogP contribution in [-0.2, 0) is 22.6 Å². The number of nitrogens with one attached hydrogen (secondary N) is 1. The van der Waals surface area contributed by atoms with E-state index in [1.165, 1.54) is 0 Å². The summed E-state index contributed by atoms with van der Waals surface area (Å²) in [7, 11) is 6.29. The zero-order valence-electron chi connectivity index (χ0n) is 26.3. The number of hydrogen-bond acceptors (Lipinski definition) is 8. The summed E-state index contributed by atoms with van der Waals surface area (Å²) in [5.74, 6) is 1.70. The molecule has 1 fully saturated rings. The molecule has 2 amide bonds. The van der Waals surface area contributed by atoms with Crippen molar-refractivity contribution in [3.05, 3.63) is 71.8 Å². The first-order valence-electron chi connectivity index (χ1n) is 15.3. The fourth-order valence-electron chi connectivity index (χ4n) is 5.96. The van der Waals surface area contributed by atoms with Crippen LogP contribution >= 0.6 is 0 Å². The van der Waals surface area contributed by atoms with Crippen LogP contribution in [0.25, 0.3) is 11.0 Å². The van der Waals surface area contributed by atoms with Gasteiger partial charge < -0.3 is 29.2 Å². The topological polar surface area (TPSA) is 117 Å². The van der Waals surface area contributed by atoms with E-state index in [2.05, 4.69) is 15.6 Å². The van der Waals surface area contributed by atoms with Crippen molar-refractivity contribution in [2.75, 3.05) is 35.0 Å². The van der Waals surface area contributed by atoms with Gasteiger partial charge in [-0.3, -0.25) is 9.59 Å². The summed E-state index contributed by atoms with van der Waals surface area (Å²) in [5, 5.41) is 11.7. The van der Waals surface area contributed by atoms with Gasteiger partial charge in [0.2, 0.25) is 11.8 Å². The van der Waals surface area contributed by atoms with Crippen LogP contribution in [0.15, 0.2) is 60.7 Å². The number of rotatable bonds is 13. The summed E-state index contributed by atoms with van der Waals surface area (Å²) in [6.45, 7) is 0.158. The number of methoxy groups -OCH3 is 4. The summed E-state index contributed by atoms with van der Waals surface area (Å²) in [6, 6.07) is 17.6. The molecule has 4 aromatic rings. The summed E-state index contributed by atoms with van der Waals surface area (Å²) in [5.41, 5.74) is 2.97. The number of hydrogen-bond donors (Lipinski definition) is 1. The molecule has 3 aromatic carbocycles. The lowest BCUT2D eigenvalue weighted by atomic mass is 9.94. The van der Waals surface area contributed by atoms with E-state index in [4.69, 9.17) is 18.9 Å². The van der Waals surface area contributed by atoms with Gasteiger partial charge in [0.05, 0.1) is 34.0 Å². The molecule has 0 aliphatic heterocycles. The van der Waals surface area contributed by atoms with Crippen molar-refractivity contribution in [3.63, 3.8) is 0 Å². The number of amides is 2. The Morgan fingerprint density at radius 2 is 1.53 bits per heavy atom. The van der Waals surface area contributed by atoms with Gasteiger partial charge in [0, 0.05) is 12.6 Å². The Morgan fingerprint density at radius 1 is 0.867 bits per heavy atom. The quantitative estimate of drug-likeness (QED) is 0.230. The average Bonchev–Trinajstić information content (AvgIpc) is 3.48. The highest BCUT2D eigenvalue weighted by molar-refractivity contribution is 5.89. The van der Waals surface area contributed by atoms with Crippen molar-refractivity contribution in [2.24, 2.45) is 0 Å². The van der Waals surface area contributed by atoms with Crippen molar-refractivity contribution in [2.45, 2.75) is 57.2 Å². The molecule has 1 heterocycles. The molecular formula is C34H41N5O6. The van der Waals surface area contributed by atoms with Gasteiger partial charge >= 0.3 is 0 Å². The van der Waals surface area contributed by atoms with Crippen LogP contribution < -0.4 is 24.3 Å². The van der Waals surface area contributed by atoms with Gasteiger partial charge in [-0.25, -0.2) is 4.68 Å². The van der Waals surface area contributed by atoms with Gasteiger partial charge in [-0.1, -0.05) is 48.7 Å². The fraction of sp³-hybridized carbons (Fsp3) is 0.412. The molecule has 1 aliphatic carbocycles. The molecule has 45 heavy (non-hydrogen) atoms. The molecule has 0 spiro atoms. The zero-order valence-corrected chi connectivity index (χ0v) is 26.3. The van der Waals surface area contributed by atoms with Crippen LogP contribution in [-0.4, -0.2) is 72.7 Å². The summed E-state index contributed by atoms with van der Waals surface area (Å²) in [4.78, 5) is 30.2. The van der Waals surface area contributed by atoms with Gasteiger partial charge in [-0.2, -0.15) is 0 Å². The Kier molecular flexibility index (Phi) is 10.4. The molecule has 5 rings (SSSR count). The van der Waals surface area contributed by atoms with E-state index >= 15 is 0 Å². The molecule has 0 bridgehead atoms. The van der Waals surface area contributed by atoms with Crippen LogP contribution in [0.1, 0.15) is 49.3 Å². The van der Waals surface area contributed by atoms with E-state index in [1.807, 2.05) is 48.5 Å². The normalized spacial score (nSPS) is 14.0. The smallest absolute Gasteiger partial charge is 0.247 e. The molecule has 1 N–H and O–H groups in total. The number of aromatic nitrogens is 3. The fourth-order valence-corrected chi connectivity index (χ4v) is 5.96. The van der Waals surface area contributed by atoms with E-state index in [0.717, 1.165) is 43.2 Å². The number of carbonyl (C=O) groups excluding carboxylic acids is 2. The first kappa shape index (κ1) is 31.6. The minimum absolute atomic E-state index is 0.0518. The Balaban J connectivity index is 1.54. The lowest BCUT2D eigenvalue weighted by Gasteiger charge is -2.34. The lowest BCUT2D eigenvalue weighted by molar-refractivity contribution is -0.141. The van der Waals surface area contributed by atoms with Crippen molar-refractivity contribution in [1.29, 1.82) is 0 Å². The maximum absolute atomic E-state index is 14.3. The van der Waals surface area contributed by atoms with Gasteiger partial charge in [0.1, 0.15) is 18.1 Å². The minimum Gasteiger partial charge on any atom is -0.493 e. The number of fused-ring (bicyclic) bond motifs is 1. The van der Waals surface area contributed by atoms with Crippen LogP contribution in [0.2, 0.25) is 0 Å². The monoisotopic (exact) mass is 615 g/mol. The summed E-state index contributed by atoms with van der Waals surface area (Å²) < 4.78 is 23.6. The lowest BCUT2D eigenvalue weighted by Crippen LogP contribution is -2.48. The predicted octanol–water partition coefficient (Wildman–Crippen LogP) is 4.73. The average molecular weight is 616 g/mol. The second-order valence-corrected chi connectivity index (χ2v) is 11.1. The second kappa shape index (κ2) is 14.8. The first-order valence-corrected chi connectivity index (χ1v) is 15.3. The molecule has 0 unspecified atom stereocenters. The summed E-state index contributed by atoms with van der Waals surface area (Å²) >= 11 is 0. The molecule has 11 heteroatoms. The number of ether oxygens (including phenoxy) is 4. The maximum Gasteiger partial charge on any atom is 0.247 e. The number of carbonyl (C=O) groups is 2. The van der Waals surface area contributed by atoms with E-state index in [0.29, 0.717) is 40.5 Å². The second-order valence-electron chi connectivity index (χ2n) is 11.1. The molecule has 0 radical (unpaired) electrons. The Labute approximate surface area is 263 Å². The van der Waals surface area contributed by atoms with E-state index in [-0.39, 0.29) is 30.9 Å². The number of nitrogens with zero attached hydrogens (tertiary/aromatic N) is 4. The first-order chi connectivity index (χ1) is 21.9. The highest BCUT2D eigenvalue weighted by Gasteiger charge is 2.34. The summed E-state index contributed by atoms with van der Waals surface area (Å²) in [6.07, 6.45) is 5.57. The minimum atomic E-state index is -0.936. The standard InChI is InChI=1S/C34H41N5O6/c1-42-28-16-14-23(20-30(28)44-3)18-19-38(32(40)22-39-27-13-9-8-12-26(27)36-37-39)33(34(41)35-25-10-6-5-7-11-25)24-15-17-29(43-2)31(21-24)45-4/h8-9,12-17,20-21,25,33H,5-7,10-11,18-19,22H2,1-4H3,(H,35,41)/t33-/m0/s1. The van der Waals surface area contributed by atoms with Crippen LogP contribution in [0.5, 0.6) is 23.0 Å². The highest BCUT2D eigenvalue weighted by Crippen LogP contribution is 2.34. The SMILES string of the molecule is COc1ccc(CCN(C(=O)Cn2nnc3ccccc32)[C@H](C(=O)NC2CCCCC2)c2ccc(OC)c(OC)c2)cc1OC. The van der Waals surface area contributed by atoms with Gasteiger partial charge in [0.25, 0.3) is 0 Å². The van der Waals surface area contributed by atoms with Crippen LogP contribution in [0, 0.1) is 0 Å². The van der Waals surface area contributed by atoms with E-state index < -0.39 is 6.04 Å². The highest BCUT2D eigenvalue weighted by atomic mass is 16.5. The molecule has 11 nitrogen and oxygen atoms in total. The van der Waals surface area contributed by atoms with Crippen molar-refractivity contribution in [1.82, 2.24) is 25.2 Å². The van der Waals surface area contributed by atoms with E-state index in [9.17, 15) is 9.59 Å². The third-order valence-corrected chi connectivity index (χ3v) is 8.35. The van der Waals surface area contributed by atoms with Gasteiger partial charge in [-0.15, -0.1) is 5.10 Å². The largest absolute Gasteiger partial charge is 0.493 e. The van der Waals surface area contributed by atoms with Crippen LogP contribution in [0.4, 0.5) is 0 Å². The third kappa shape index (κ3) is 7.30. The van der Waals surface area contributed by atoms with Crippen molar-refractivity contribution < 1.29 is 28.5 Å². The van der Waals surface area contributed by atoms with Gasteiger partial charge in [-0.05, 0) is 66.8 Å². The van der Waals surface area contributed by atoms with Gasteiger partial charge in [0.15, 0.2) is 23.0 Å². The Morgan fingerprint density at radius 3 is 2.24 bits per heavy atom. The Bertz CT molecular complexity index is 1620. The number of benzene rings is 3. The Hall–Kier alpha value is -4.80. The van der Waals surface area contributed by atoms with E-state index in [1.54, 1.807) is 50.2 Å². The maximum atomic E-state index is 14.3. The van der Waals surface area contributed by atoms with Crippen molar-refractivity contribution in [3.8, 4) is 23.0 Å². The molecule has 1 atom stereocenters. The molecule has 238 valence electrons. The van der Waals surface area contributed by atoms with Crippen LogP contribution in [0.3, 0.4) is 0 Å². The molecular weight excluding hydrogens is 574 g/mol. The van der Waals surface area contributed by atoms with Crippen molar-refractivity contribution >= 4 is 22.8 Å². The molecule has 1 aromatic heterocycles. The molecule has 1 aliphatic rings. The third-order valence-electron chi connectivity index (χ3n) is 8.35. The molecule has 1 saturated carbocycles. The zero-order chi connectivity index (χ0) is 31.8.